The molecule has 0 aliphatic carbocycles. The number of hydrogen-bond acceptors (Lipinski definition) is 6. The lowest BCUT2D eigenvalue weighted by atomic mass is 9.97. The number of carbonyl (C=O) groups excluding carboxylic acids is 1. The molecule has 0 amide bonds. The van der Waals surface area contributed by atoms with Crippen molar-refractivity contribution in [3.05, 3.63) is 114 Å². The van der Waals surface area contributed by atoms with Gasteiger partial charge in [-0.15, -0.1) is 11.3 Å². The fraction of sp³-hybridized carbons (Fsp3) is 0.250. The van der Waals surface area contributed by atoms with Crippen LogP contribution in [0.4, 0.5) is 0 Å². The molecule has 1 aliphatic heterocycles. The molecule has 1 aliphatic rings. The number of thiophene rings is 1. The number of aromatic hydroxyl groups is 1. The zero-order chi connectivity index (χ0) is 29.1. The van der Waals surface area contributed by atoms with Crippen LogP contribution in [0.5, 0.6) is 17.2 Å². The van der Waals surface area contributed by atoms with E-state index in [2.05, 4.69) is 29.2 Å². The van der Waals surface area contributed by atoms with Crippen LogP contribution in [0.1, 0.15) is 48.2 Å². The molecule has 1 aromatic heterocycles. The van der Waals surface area contributed by atoms with E-state index >= 15 is 0 Å². The summed E-state index contributed by atoms with van der Waals surface area (Å²) in [7, 11) is 0. The van der Waals surface area contributed by atoms with Gasteiger partial charge in [0.15, 0.2) is 5.78 Å². The summed E-state index contributed by atoms with van der Waals surface area (Å²) in [6.45, 7) is 6.87. The number of carbonyl (C=O) groups is 1. The van der Waals surface area contributed by atoms with Gasteiger partial charge in [-0.05, 0) is 111 Å². The Morgan fingerprint density at radius 2 is 1.69 bits per heavy atom. The van der Waals surface area contributed by atoms with Crippen LogP contribution in [0, 0.1) is 0 Å². The van der Waals surface area contributed by atoms with Crippen molar-refractivity contribution in [1.82, 2.24) is 4.90 Å². The quantitative estimate of drug-likeness (QED) is 0.179. The smallest absolute Gasteiger partial charge is 0.195 e. The second-order valence-electron chi connectivity index (χ2n) is 11.1. The van der Waals surface area contributed by atoms with Crippen LogP contribution in [-0.2, 0) is 6.54 Å². The second-order valence-corrected chi connectivity index (χ2v) is 12.2. The van der Waals surface area contributed by atoms with Crippen molar-refractivity contribution >= 4 is 27.2 Å². The van der Waals surface area contributed by atoms with Gasteiger partial charge in [0.2, 0.25) is 0 Å². The number of benzene rings is 4. The molecule has 1 fully saturated rings. The van der Waals surface area contributed by atoms with E-state index in [4.69, 9.17) is 9.47 Å². The summed E-state index contributed by atoms with van der Waals surface area (Å²) in [5, 5.41) is 11.0. The molecule has 4 aromatic carbocycles. The Morgan fingerprint density at radius 3 is 2.43 bits per heavy atom. The molecule has 214 valence electrons. The standard InChI is InChI=1S/C36H35NO4S/c1-24(2)40-29-17-12-27(13-18-29)36-34(32-19-14-28(38)21-33(32)42-36)35(39)26-10-15-30(16-11-26)41-31-9-6-20-37(23-31)22-25-7-4-3-5-8-25/h3-5,7-8,10-19,21,24,31,38H,6,9,20,22-23H2,1-2H3. The molecule has 5 aromatic rings. The maximum atomic E-state index is 14.0. The highest BCUT2D eigenvalue weighted by Crippen LogP contribution is 2.41. The monoisotopic (exact) mass is 577 g/mol. The lowest BCUT2D eigenvalue weighted by Crippen LogP contribution is -2.40. The van der Waals surface area contributed by atoms with Crippen molar-refractivity contribution in [2.24, 2.45) is 0 Å². The van der Waals surface area contributed by atoms with E-state index in [0.29, 0.717) is 11.1 Å². The zero-order valence-electron chi connectivity index (χ0n) is 24.0. The van der Waals surface area contributed by atoms with Crippen LogP contribution < -0.4 is 9.47 Å². The number of hydrogen-bond donors (Lipinski definition) is 1. The minimum Gasteiger partial charge on any atom is -0.508 e. The number of fused-ring (bicyclic) bond motifs is 1. The molecule has 42 heavy (non-hydrogen) atoms. The van der Waals surface area contributed by atoms with Crippen molar-refractivity contribution in [2.45, 2.75) is 45.4 Å². The molecular formula is C36H35NO4S. The Kier molecular flexibility index (Phi) is 8.27. The third-order valence-corrected chi connectivity index (χ3v) is 8.72. The summed E-state index contributed by atoms with van der Waals surface area (Å²) < 4.78 is 13.1. The molecule has 1 saturated heterocycles. The fourth-order valence-electron chi connectivity index (χ4n) is 5.59. The van der Waals surface area contributed by atoms with Crippen molar-refractivity contribution in [3.63, 3.8) is 0 Å². The maximum absolute atomic E-state index is 14.0. The number of piperidine rings is 1. The number of likely N-dealkylation sites (tertiary alicyclic amines) is 1. The molecule has 0 radical (unpaired) electrons. The van der Waals surface area contributed by atoms with E-state index in [0.717, 1.165) is 64.5 Å². The lowest BCUT2D eigenvalue weighted by molar-refractivity contribution is 0.0843. The topological polar surface area (TPSA) is 59.0 Å². The van der Waals surface area contributed by atoms with Crippen molar-refractivity contribution in [3.8, 4) is 27.7 Å². The summed E-state index contributed by atoms with van der Waals surface area (Å²) in [4.78, 5) is 17.3. The van der Waals surface area contributed by atoms with E-state index < -0.39 is 0 Å². The fourth-order valence-corrected chi connectivity index (χ4v) is 6.83. The van der Waals surface area contributed by atoms with Gasteiger partial charge in [-0.2, -0.15) is 0 Å². The van der Waals surface area contributed by atoms with Gasteiger partial charge in [0.25, 0.3) is 0 Å². The first kappa shape index (κ1) is 28.0. The Balaban J connectivity index is 1.21. The maximum Gasteiger partial charge on any atom is 0.195 e. The van der Waals surface area contributed by atoms with Gasteiger partial charge in [-0.1, -0.05) is 30.3 Å². The number of ketones is 1. The minimum absolute atomic E-state index is 0.0531. The molecule has 1 atom stereocenters. The largest absolute Gasteiger partial charge is 0.508 e. The molecule has 5 nitrogen and oxygen atoms in total. The molecule has 6 heteroatoms. The number of phenols is 1. The first-order valence-corrected chi connectivity index (χ1v) is 15.3. The van der Waals surface area contributed by atoms with E-state index in [-0.39, 0.29) is 23.7 Å². The van der Waals surface area contributed by atoms with Crippen molar-refractivity contribution < 1.29 is 19.4 Å². The lowest BCUT2D eigenvalue weighted by Gasteiger charge is -2.33. The highest BCUT2D eigenvalue weighted by molar-refractivity contribution is 7.22. The van der Waals surface area contributed by atoms with Gasteiger partial charge in [-0.25, -0.2) is 0 Å². The molecule has 0 spiro atoms. The van der Waals surface area contributed by atoms with Gasteiger partial charge in [0.1, 0.15) is 23.4 Å². The number of rotatable bonds is 9. The van der Waals surface area contributed by atoms with Crippen LogP contribution in [0.25, 0.3) is 20.5 Å². The number of nitrogens with zero attached hydrogens (tertiary/aromatic N) is 1. The minimum atomic E-state index is -0.0531. The van der Waals surface area contributed by atoms with Crippen molar-refractivity contribution in [2.75, 3.05) is 13.1 Å². The van der Waals surface area contributed by atoms with E-state index in [1.807, 2.05) is 74.5 Å². The zero-order valence-corrected chi connectivity index (χ0v) is 24.8. The van der Waals surface area contributed by atoms with E-state index in [9.17, 15) is 9.90 Å². The molecule has 0 bridgehead atoms. The normalized spacial score (nSPS) is 15.6. The Morgan fingerprint density at radius 1 is 0.952 bits per heavy atom. The first-order valence-electron chi connectivity index (χ1n) is 14.5. The highest BCUT2D eigenvalue weighted by Gasteiger charge is 2.24. The summed E-state index contributed by atoms with van der Waals surface area (Å²) >= 11 is 1.51. The number of ether oxygens (including phenoxy) is 2. The molecule has 2 heterocycles. The summed E-state index contributed by atoms with van der Waals surface area (Å²) in [6, 6.07) is 31.1. The third-order valence-electron chi connectivity index (χ3n) is 7.52. The first-order chi connectivity index (χ1) is 20.4. The van der Waals surface area contributed by atoms with Gasteiger partial charge < -0.3 is 14.6 Å². The molecule has 6 rings (SSSR count). The third kappa shape index (κ3) is 6.35. The van der Waals surface area contributed by atoms with Gasteiger partial charge in [0, 0.05) is 39.2 Å². The average molecular weight is 578 g/mol. The summed E-state index contributed by atoms with van der Waals surface area (Å²) in [6.07, 6.45) is 2.32. The number of phenolic OH excluding ortho intramolecular Hbond substituents is 1. The van der Waals surface area contributed by atoms with Crippen LogP contribution >= 0.6 is 11.3 Å². The molecular weight excluding hydrogens is 542 g/mol. The van der Waals surface area contributed by atoms with Gasteiger partial charge in [-0.3, -0.25) is 9.69 Å². The van der Waals surface area contributed by atoms with Crippen LogP contribution in [0.2, 0.25) is 0 Å². The second kappa shape index (κ2) is 12.4. The molecule has 0 saturated carbocycles. The molecule has 1 N–H and O–H groups in total. The SMILES string of the molecule is CC(C)Oc1ccc(-c2sc3cc(O)ccc3c2C(=O)c2ccc(OC3CCCN(Cc4ccccc4)C3)cc2)cc1. The Labute approximate surface area is 251 Å². The predicted octanol–water partition coefficient (Wildman–Crippen LogP) is 8.34. The predicted molar refractivity (Wildman–Crippen MR) is 170 cm³/mol. The van der Waals surface area contributed by atoms with E-state index in [1.165, 1.54) is 16.9 Å². The van der Waals surface area contributed by atoms with Crippen molar-refractivity contribution in [1.29, 1.82) is 0 Å². The Hall–Kier alpha value is -4.13. The van der Waals surface area contributed by atoms with E-state index in [1.54, 1.807) is 12.1 Å². The molecule has 1 unspecified atom stereocenters. The Bertz CT molecular complexity index is 1660. The van der Waals surface area contributed by atoms with Crippen LogP contribution in [-0.4, -0.2) is 41.1 Å². The average Bonchev–Trinajstić information content (AvgIpc) is 3.36. The summed E-state index contributed by atoms with van der Waals surface area (Å²) in [5.41, 5.74) is 3.50. The summed E-state index contributed by atoms with van der Waals surface area (Å²) in [5.74, 6) is 1.69. The van der Waals surface area contributed by atoms with Crippen LogP contribution in [0.3, 0.4) is 0 Å². The van der Waals surface area contributed by atoms with Gasteiger partial charge in [0.05, 0.1) is 6.10 Å². The van der Waals surface area contributed by atoms with Crippen LogP contribution in [0.15, 0.2) is 97.1 Å². The highest BCUT2D eigenvalue weighted by atomic mass is 32.1. The van der Waals surface area contributed by atoms with Gasteiger partial charge >= 0.3 is 0 Å².